The molecular weight excluding hydrogens is 436 g/mol. The lowest BCUT2D eigenvalue weighted by atomic mass is 9.97. The molecule has 9 heteroatoms. The third kappa shape index (κ3) is 4.57. The largest absolute Gasteiger partial charge is 0.445 e. The van der Waals surface area contributed by atoms with Crippen LogP contribution in [-0.4, -0.2) is 58.9 Å². The number of aromatic nitrogens is 2. The van der Waals surface area contributed by atoms with Gasteiger partial charge in [0.25, 0.3) is 5.91 Å². The lowest BCUT2D eigenvalue weighted by Gasteiger charge is -2.24. The summed E-state index contributed by atoms with van der Waals surface area (Å²) in [6, 6.07) is 13.1. The Hall–Kier alpha value is -3.56. The summed E-state index contributed by atoms with van der Waals surface area (Å²) in [7, 11) is 0. The number of hydrogen-bond donors (Lipinski definition) is 1. The summed E-state index contributed by atoms with van der Waals surface area (Å²) < 4.78 is 16.6. The molecule has 1 aliphatic carbocycles. The van der Waals surface area contributed by atoms with Crippen LogP contribution >= 0.6 is 0 Å². The quantitative estimate of drug-likeness (QED) is 0.532. The Kier molecular flexibility index (Phi) is 5.89. The summed E-state index contributed by atoms with van der Waals surface area (Å²) in [5.74, 6) is -0.108. The molecule has 2 aromatic carbocycles. The highest BCUT2D eigenvalue weighted by Gasteiger charge is 2.53. The molecule has 5 rings (SSSR count). The van der Waals surface area contributed by atoms with Gasteiger partial charge >= 0.3 is 5.97 Å². The number of primary amides is 1. The first-order chi connectivity index (χ1) is 16.4. The maximum Gasteiger partial charge on any atom is 0.339 e. The van der Waals surface area contributed by atoms with E-state index < -0.39 is 17.5 Å². The molecule has 34 heavy (non-hydrogen) atoms. The zero-order chi connectivity index (χ0) is 23.7. The normalized spacial score (nSPS) is 17.3. The van der Waals surface area contributed by atoms with Crippen LogP contribution in [0.1, 0.15) is 34.7 Å². The number of carbonyl (C=O) groups is 2. The van der Waals surface area contributed by atoms with E-state index in [2.05, 4.69) is 15.1 Å². The number of carbonyl (C=O) groups excluding carboxylic acids is 2. The van der Waals surface area contributed by atoms with Gasteiger partial charge in [-0.15, -0.1) is 10.2 Å². The maximum atomic E-state index is 12.6. The van der Waals surface area contributed by atoms with Crippen molar-refractivity contribution in [2.75, 3.05) is 26.3 Å². The number of morpholine rings is 1. The van der Waals surface area contributed by atoms with Crippen LogP contribution in [0.4, 0.5) is 0 Å². The van der Waals surface area contributed by atoms with E-state index >= 15 is 0 Å². The minimum Gasteiger partial charge on any atom is -0.445 e. The predicted octanol–water partition coefficient (Wildman–Crippen LogP) is 2.72. The van der Waals surface area contributed by atoms with Gasteiger partial charge < -0.3 is 19.6 Å². The van der Waals surface area contributed by atoms with Crippen molar-refractivity contribution in [3.05, 3.63) is 59.5 Å². The number of nitrogens with two attached hydrogens (primary N) is 1. The van der Waals surface area contributed by atoms with Gasteiger partial charge in [0.15, 0.2) is 5.60 Å². The molecule has 2 heterocycles. The Morgan fingerprint density at radius 3 is 2.44 bits per heavy atom. The van der Waals surface area contributed by atoms with E-state index in [1.807, 2.05) is 37.3 Å². The fraction of sp³-hybridized carbons (Fsp3) is 0.360. The minimum atomic E-state index is -1.14. The van der Waals surface area contributed by atoms with Crippen molar-refractivity contribution in [3.8, 4) is 22.6 Å². The zero-order valence-electron chi connectivity index (χ0n) is 19.0. The molecule has 3 aromatic rings. The molecule has 2 aliphatic rings. The van der Waals surface area contributed by atoms with Crippen molar-refractivity contribution in [2.45, 2.75) is 31.9 Å². The summed E-state index contributed by atoms with van der Waals surface area (Å²) in [6.07, 6.45) is 0.941. The van der Waals surface area contributed by atoms with Gasteiger partial charge in [-0.25, -0.2) is 4.79 Å². The number of nitrogens with zero attached hydrogens (tertiary/aromatic N) is 3. The molecule has 0 bridgehead atoms. The highest BCUT2D eigenvalue weighted by Crippen LogP contribution is 2.40. The molecule has 176 valence electrons. The highest BCUT2D eigenvalue weighted by atomic mass is 16.6. The molecule has 1 saturated carbocycles. The van der Waals surface area contributed by atoms with Crippen molar-refractivity contribution in [1.82, 2.24) is 15.1 Å². The predicted molar refractivity (Wildman–Crippen MR) is 123 cm³/mol. The molecule has 2 fully saturated rings. The summed E-state index contributed by atoms with van der Waals surface area (Å²) in [5, 5.41) is 8.37. The minimum absolute atomic E-state index is 0.377. The molecule has 1 aliphatic heterocycles. The van der Waals surface area contributed by atoms with Crippen LogP contribution in [0, 0.1) is 6.92 Å². The third-order valence-corrected chi connectivity index (χ3v) is 6.29. The number of rotatable bonds is 7. The molecular formula is C25H26N4O5. The van der Waals surface area contributed by atoms with E-state index in [1.54, 1.807) is 12.1 Å². The monoisotopic (exact) mass is 462 g/mol. The molecule has 0 radical (unpaired) electrons. The smallest absolute Gasteiger partial charge is 0.339 e. The van der Waals surface area contributed by atoms with Crippen LogP contribution in [0.3, 0.4) is 0 Å². The second kappa shape index (κ2) is 9.00. The van der Waals surface area contributed by atoms with E-state index in [0.717, 1.165) is 35.3 Å². The molecule has 0 atom stereocenters. The fourth-order valence-corrected chi connectivity index (χ4v) is 3.99. The highest BCUT2D eigenvalue weighted by molar-refractivity contribution is 5.96. The Bertz CT molecular complexity index is 1210. The summed E-state index contributed by atoms with van der Waals surface area (Å²) in [4.78, 5) is 26.4. The number of benzene rings is 2. The van der Waals surface area contributed by atoms with Crippen LogP contribution in [0.5, 0.6) is 0 Å². The Morgan fingerprint density at radius 2 is 1.76 bits per heavy atom. The zero-order valence-corrected chi connectivity index (χ0v) is 19.0. The Labute approximate surface area is 196 Å². The van der Waals surface area contributed by atoms with Gasteiger partial charge in [-0.05, 0) is 47.9 Å². The average molecular weight is 463 g/mol. The van der Waals surface area contributed by atoms with E-state index in [1.165, 1.54) is 0 Å². The first-order valence-corrected chi connectivity index (χ1v) is 11.3. The second-order valence-electron chi connectivity index (χ2n) is 8.74. The van der Waals surface area contributed by atoms with Gasteiger partial charge in [-0.1, -0.05) is 18.2 Å². The van der Waals surface area contributed by atoms with E-state index in [0.29, 0.717) is 49.9 Å². The molecule has 9 nitrogen and oxygen atoms in total. The molecule has 1 amide bonds. The topological polar surface area (TPSA) is 121 Å². The summed E-state index contributed by atoms with van der Waals surface area (Å²) in [6.45, 7) is 5.71. The van der Waals surface area contributed by atoms with Gasteiger partial charge in [0.1, 0.15) is 0 Å². The lowest BCUT2D eigenvalue weighted by molar-refractivity contribution is -0.128. The summed E-state index contributed by atoms with van der Waals surface area (Å²) in [5.41, 5.74) is 8.25. The Balaban J connectivity index is 1.31. The number of hydrogen-bond acceptors (Lipinski definition) is 8. The Morgan fingerprint density at radius 1 is 1.06 bits per heavy atom. The number of aryl methyl sites for hydroxylation is 1. The molecule has 0 spiro atoms. The van der Waals surface area contributed by atoms with Crippen LogP contribution in [0.2, 0.25) is 0 Å². The maximum absolute atomic E-state index is 12.6. The third-order valence-electron chi connectivity index (χ3n) is 6.29. The number of esters is 1. The number of amides is 1. The van der Waals surface area contributed by atoms with Gasteiger partial charge in [0.2, 0.25) is 11.8 Å². The molecule has 0 unspecified atom stereocenters. The average Bonchev–Trinajstić information content (AvgIpc) is 3.49. The second-order valence-corrected chi connectivity index (χ2v) is 8.74. The van der Waals surface area contributed by atoms with Crippen molar-refractivity contribution in [1.29, 1.82) is 0 Å². The van der Waals surface area contributed by atoms with E-state index in [-0.39, 0.29) is 0 Å². The van der Waals surface area contributed by atoms with Crippen molar-refractivity contribution >= 4 is 11.9 Å². The van der Waals surface area contributed by atoms with Crippen molar-refractivity contribution in [3.63, 3.8) is 0 Å². The molecule has 2 N–H and O–H groups in total. The van der Waals surface area contributed by atoms with E-state index in [9.17, 15) is 9.59 Å². The lowest BCUT2D eigenvalue weighted by Crippen LogP contribution is -2.35. The van der Waals surface area contributed by atoms with Crippen molar-refractivity contribution in [2.24, 2.45) is 5.73 Å². The molecule has 1 saturated heterocycles. The van der Waals surface area contributed by atoms with Crippen LogP contribution in [-0.2, 0) is 20.8 Å². The summed E-state index contributed by atoms with van der Waals surface area (Å²) >= 11 is 0. The van der Waals surface area contributed by atoms with E-state index in [4.69, 9.17) is 19.6 Å². The van der Waals surface area contributed by atoms with Gasteiger partial charge in [0, 0.05) is 31.5 Å². The first kappa shape index (κ1) is 22.2. The van der Waals surface area contributed by atoms with Crippen molar-refractivity contribution < 1.29 is 23.5 Å². The number of ether oxygens (including phenoxy) is 2. The van der Waals surface area contributed by atoms with Crippen LogP contribution in [0.15, 0.2) is 46.9 Å². The fourth-order valence-electron chi connectivity index (χ4n) is 3.99. The van der Waals surface area contributed by atoms with Crippen LogP contribution < -0.4 is 5.73 Å². The van der Waals surface area contributed by atoms with Gasteiger partial charge in [-0.3, -0.25) is 9.69 Å². The molecule has 1 aromatic heterocycles. The first-order valence-electron chi connectivity index (χ1n) is 11.3. The standard InChI is InChI=1S/C25H26N4O5/c1-16-2-3-19(23(30)34-25(8-9-25)24(26)31)14-20(16)17-4-6-18(7-5-17)22-28-27-21(33-22)15-29-10-12-32-13-11-29/h2-7,14H,8-13,15H2,1H3,(H2,26,31). The van der Waals surface area contributed by atoms with Gasteiger partial charge in [-0.2, -0.15) is 0 Å². The van der Waals surface area contributed by atoms with Gasteiger partial charge in [0.05, 0.1) is 25.3 Å². The van der Waals surface area contributed by atoms with Crippen LogP contribution in [0.25, 0.3) is 22.6 Å². The SMILES string of the molecule is Cc1ccc(C(=O)OC2(C(N)=O)CC2)cc1-c1ccc(-c2nnc(CN3CCOCC3)o2)cc1.